The lowest BCUT2D eigenvalue weighted by Crippen LogP contribution is -2.51. The van der Waals surface area contributed by atoms with Crippen molar-refractivity contribution < 1.29 is 18.3 Å². The van der Waals surface area contributed by atoms with Gasteiger partial charge in [-0.2, -0.15) is 4.39 Å². The fourth-order valence-electron chi connectivity index (χ4n) is 3.26. The van der Waals surface area contributed by atoms with Crippen LogP contribution in [0.5, 0.6) is 11.6 Å². The maximum Gasteiger partial charge on any atom is 0.224 e. The van der Waals surface area contributed by atoms with Crippen LogP contribution in [-0.2, 0) is 11.3 Å². The molecule has 1 aliphatic rings. The molecule has 0 radical (unpaired) electrons. The Morgan fingerprint density at radius 2 is 2.03 bits per heavy atom. The van der Waals surface area contributed by atoms with Gasteiger partial charge in [0.25, 0.3) is 0 Å². The predicted octanol–water partition coefficient (Wildman–Crippen LogP) is 2.71. The van der Waals surface area contributed by atoms with E-state index in [1.807, 2.05) is 14.1 Å². The number of aryl methyl sites for hydroxylation is 1. The molecule has 2 heterocycles. The molecule has 1 aliphatic heterocycles. The van der Waals surface area contributed by atoms with Gasteiger partial charge in [-0.1, -0.05) is 12.1 Å². The largest absolute Gasteiger partial charge is 0.435 e. The third-order valence-electron chi connectivity index (χ3n) is 5.17. The molecule has 0 saturated carbocycles. The number of aromatic nitrogens is 1. The molecular weight excluding hydrogens is 378 g/mol. The first-order valence-corrected chi connectivity index (χ1v) is 9.57. The van der Waals surface area contributed by atoms with Gasteiger partial charge in [-0.15, -0.1) is 0 Å². The number of carbonyl (C=O) groups excluding carboxylic acids is 1. The zero-order chi connectivity index (χ0) is 21.0. The van der Waals surface area contributed by atoms with E-state index in [4.69, 9.17) is 4.74 Å². The summed E-state index contributed by atoms with van der Waals surface area (Å²) in [6.45, 7) is 4.41. The quantitative estimate of drug-likeness (QED) is 0.802. The number of piperazine rings is 1. The lowest BCUT2D eigenvalue weighted by atomic mass is 10.1. The minimum absolute atomic E-state index is 0.0838. The summed E-state index contributed by atoms with van der Waals surface area (Å²) in [6, 6.07) is 6.38. The lowest BCUT2D eigenvalue weighted by Gasteiger charge is -2.37. The second-order valence-corrected chi connectivity index (χ2v) is 7.46. The zero-order valence-corrected chi connectivity index (χ0v) is 16.9. The highest BCUT2D eigenvalue weighted by Crippen LogP contribution is 2.28. The van der Waals surface area contributed by atoms with E-state index in [1.54, 1.807) is 12.1 Å². The van der Waals surface area contributed by atoms with Gasteiger partial charge in [0, 0.05) is 50.4 Å². The van der Waals surface area contributed by atoms with E-state index < -0.39 is 11.6 Å². The van der Waals surface area contributed by atoms with Crippen LogP contribution in [0.25, 0.3) is 0 Å². The van der Waals surface area contributed by atoms with E-state index in [9.17, 15) is 13.6 Å². The van der Waals surface area contributed by atoms with Gasteiger partial charge in [0.05, 0.1) is 0 Å². The molecule has 0 aliphatic carbocycles. The van der Waals surface area contributed by atoms with Crippen molar-refractivity contribution in [1.29, 1.82) is 0 Å². The Hall–Kier alpha value is -2.58. The monoisotopic (exact) mass is 404 g/mol. The number of ether oxygens (including phenoxy) is 1. The maximum atomic E-state index is 14.1. The number of likely N-dealkylation sites (N-methyl/N-ethyl adjacent to an activating group) is 2. The van der Waals surface area contributed by atoms with E-state index in [-0.39, 0.29) is 35.7 Å². The number of nitrogens with zero attached hydrogens (tertiary/aromatic N) is 3. The molecule has 1 N–H and O–H groups in total. The first kappa shape index (κ1) is 21.1. The zero-order valence-electron chi connectivity index (χ0n) is 16.9. The number of halogens is 2. The van der Waals surface area contributed by atoms with Crippen molar-refractivity contribution >= 4 is 5.91 Å². The first-order valence-electron chi connectivity index (χ1n) is 9.57. The topological polar surface area (TPSA) is 57.7 Å². The fourth-order valence-corrected chi connectivity index (χ4v) is 3.26. The number of rotatable bonds is 6. The van der Waals surface area contributed by atoms with E-state index >= 15 is 0 Å². The van der Waals surface area contributed by atoms with Crippen molar-refractivity contribution in [3.05, 3.63) is 53.2 Å². The number of carbonyl (C=O) groups is 1. The lowest BCUT2D eigenvalue weighted by molar-refractivity contribution is -0.122. The summed E-state index contributed by atoms with van der Waals surface area (Å²) in [5.41, 5.74) is 0.775. The molecule has 1 saturated heterocycles. The van der Waals surface area contributed by atoms with Gasteiger partial charge in [0.2, 0.25) is 17.6 Å². The number of hydrogen-bond donors (Lipinski definition) is 1. The molecule has 1 unspecified atom stereocenters. The maximum absolute atomic E-state index is 14.1. The van der Waals surface area contributed by atoms with E-state index in [0.29, 0.717) is 12.0 Å². The SMILES string of the molecule is Cc1ccc(Oc2ncccc2CNC(=O)CC2CN(C)CCN2C)c(F)c1F. The van der Waals surface area contributed by atoms with Crippen molar-refractivity contribution in [1.82, 2.24) is 20.1 Å². The van der Waals surface area contributed by atoms with Gasteiger partial charge in [-0.3, -0.25) is 4.79 Å². The molecule has 1 amide bonds. The van der Waals surface area contributed by atoms with Crippen molar-refractivity contribution in [3.8, 4) is 11.6 Å². The Bertz CT molecular complexity index is 878. The van der Waals surface area contributed by atoms with E-state index in [1.165, 1.54) is 25.3 Å². The van der Waals surface area contributed by atoms with Gasteiger partial charge < -0.3 is 19.9 Å². The molecule has 1 aromatic heterocycles. The highest BCUT2D eigenvalue weighted by Gasteiger charge is 2.24. The Balaban J connectivity index is 1.64. The normalized spacial score (nSPS) is 17.9. The fraction of sp³-hybridized carbons (Fsp3) is 0.429. The van der Waals surface area contributed by atoms with Crippen LogP contribution in [0.15, 0.2) is 30.5 Å². The number of pyridine rings is 1. The molecule has 1 fully saturated rings. The van der Waals surface area contributed by atoms with E-state index in [0.717, 1.165) is 19.6 Å². The van der Waals surface area contributed by atoms with Crippen LogP contribution in [0.2, 0.25) is 0 Å². The smallest absolute Gasteiger partial charge is 0.224 e. The third kappa shape index (κ3) is 5.27. The molecule has 1 atom stereocenters. The molecule has 6 nitrogen and oxygen atoms in total. The molecule has 0 spiro atoms. The van der Waals surface area contributed by atoms with Crippen molar-refractivity contribution in [2.24, 2.45) is 0 Å². The molecular formula is C21H26F2N4O2. The average Bonchev–Trinajstić information content (AvgIpc) is 2.70. The van der Waals surface area contributed by atoms with Crippen LogP contribution >= 0.6 is 0 Å². The van der Waals surface area contributed by atoms with Gasteiger partial charge in [0.1, 0.15) is 0 Å². The first-order chi connectivity index (χ1) is 13.8. The summed E-state index contributed by atoms with van der Waals surface area (Å²) in [5.74, 6) is -2.21. The van der Waals surface area contributed by atoms with Crippen LogP contribution in [0.1, 0.15) is 17.5 Å². The summed E-state index contributed by atoms with van der Waals surface area (Å²) in [4.78, 5) is 20.9. The summed E-state index contributed by atoms with van der Waals surface area (Å²) < 4.78 is 33.4. The predicted molar refractivity (Wildman–Crippen MR) is 106 cm³/mol. The number of nitrogens with one attached hydrogen (secondary N) is 1. The Morgan fingerprint density at radius 3 is 2.83 bits per heavy atom. The second-order valence-electron chi connectivity index (χ2n) is 7.46. The number of amides is 1. The van der Waals surface area contributed by atoms with Crippen molar-refractivity contribution in [2.75, 3.05) is 33.7 Å². The van der Waals surface area contributed by atoms with Gasteiger partial charge in [-0.05, 0) is 38.7 Å². The molecule has 1 aromatic carbocycles. The Labute approximate surface area is 169 Å². The summed E-state index contributed by atoms with van der Waals surface area (Å²) in [6.07, 6.45) is 1.88. The van der Waals surface area contributed by atoms with Crippen molar-refractivity contribution in [3.63, 3.8) is 0 Å². The standard InChI is InChI=1S/C21H26F2N4O2/c1-14-6-7-17(20(23)19(14)22)29-21-15(5-4-8-24-21)12-25-18(28)11-16-13-26(2)9-10-27(16)3/h4-8,16H,9-13H2,1-3H3,(H,25,28). The van der Waals surface area contributed by atoms with Crippen LogP contribution < -0.4 is 10.1 Å². The highest BCUT2D eigenvalue weighted by atomic mass is 19.2. The second kappa shape index (κ2) is 9.28. The minimum atomic E-state index is -1.06. The highest BCUT2D eigenvalue weighted by molar-refractivity contribution is 5.76. The summed E-state index contributed by atoms with van der Waals surface area (Å²) >= 11 is 0. The van der Waals surface area contributed by atoms with E-state index in [2.05, 4.69) is 20.1 Å². The number of hydrogen-bond acceptors (Lipinski definition) is 5. The van der Waals surface area contributed by atoms with Gasteiger partial charge >= 0.3 is 0 Å². The minimum Gasteiger partial charge on any atom is -0.435 e. The van der Waals surface area contributed by atoms with Crippen molar-refractivity contribution in [2.45, 2.75) is 25.9 Å². The molecule has 3 rings (SSSR count). The van der Waals surface area contributed by atoms with Crippen LogP contribution in [-0.4, -0.2) is 60.5 Å². The van der Waals surface area contributed by atoms with Gasteiger partial charge in [-0.25, -0.2) is 9.37 Å². The molecule has 8 heteroatoms. The van der Waals surface area contributed by atoms with Gasteiger partial charge in [0.15, 0.2) is 11.6 Å². The van der Waals surface area contributed by atoms with Crippen LogP contribution in [0.4, 0.5) is 8.78 Å². The van der Waals surface area contributed by atoms with Crippen LogP contribution in [0.3, 0.4) is 0 Å². The third-order valence-corrected chi connectivity index (χ3v) is 5.17. The summed E-state index contributed by atoms with van der Waals surface area (Å²) in [5, 5.41) is 2.87. The Morgan fingerprint density at radius 1 is 1.24 bits per heavy atom. The molecule has 156 valence electrons. The number of benzene rings is 1. The molecule has 0 bridgehead atoms. The average molecular weight is 404 g/mol. The van der Waals surface area contributed by atoms with Crippen LogP contribution in [0, 0.1) is 18.6 Å². The molecule has 2 aromatic rings. The summed E-state index contributed by atoms with van der Waals surface area (Å²) in [7, 11) is 4.07. The Kier molecular flexibility index (Phi) is 6.76. The molecule has 29 heavy (non-hydrogen) atoms.